The van der Waals surface area contributed by atoms with Gasteiger partial charge in [-0.25, -0.2) is 0 Å². The average molecular weight is 210 g/mol. The van der Waals surface area contributed by atoms with Crippen molar-refractivity contribution in [3.05, 3.63) is 48.7 Å². The number of nitrogens with one attached hydrogen (secondary N) is 1. The van der Waals surface area contributed by atoms with Crippen LogP contribution in [0, 0.1) is 0 Å². The van der Waals surface area contributed by atoms with Gasteiger partial charge in [0.15, 0.2) is 5.88 Å². The zero-order chi connectivity index (χ0) is 11.0. The number of rotatable bonds is 1. The number of aromatic hydroxyl groups is 1. The summed E-state index contributed by atoms with van der Waals surface area (Å²) >= 11 is 0. The van der Waals surface area contributed by atoms with Crippen molar-refractivity contribution >= 4 is 10.9 Å². The van der Waals surface area contributed by atoms with Crippen LogP contribution in [0.25, 0.3) is 22.2 Å². The third-order valence-electron chi connectivity index (χ3n) is 2.61. The summed E-state index contributed by atoms with van der Waals surface area (Å²) in [6, 6.07) is 13.4. The second kappa shape index (κ2) is 3.38. The van der Waals surface area contributed by atoms with E-state index >= 15 is 0 Å². The van der Waals surface area contributed by atoms with Gasteiger partial charge < -0.3 is 10.1 Å². The van der Waals surface area contributed by atoms with Crippen LogP contribution in [-0.4, -0.2) is 15.1 Å². The Kier molecular flexibility index (Phi) is 1.90. The highest BCUT2D eigenvalue weighted by molar-refractivity contribution is 5.97. The quantitative estimate of drug-likeness (QED) is 0.648. The molecule has 0 unspecified atom stereocenters. The van der Waals surface area contributed by atoms with Crippen molar-refractivity contribution in [2.75, 3.05) is 0 Å². The van der Waals surface area contributed by atoms with Crippen LogP contribution >= 0.6 is 0 Å². The molecule has 0 radical (unpaired) electrons. The standard InChI is InChI=1S/C13H10N2O/c16-13-12(11-7-3-4-8-14-11)9-5-1-2-6-10(9)15-13/h1-8,15-16H. The van der Waals surface area contributed by atoms with Crippen molar-refractivity contribution in [2.45, 2.75) is 0 Å². The molecule has 2 heterocycles. The first-order valence-corrected chi connectivity index (χ1v) is 5.07. The Morgan fingerprint density at radius 2 is 1.81 bits per heavy atom. The van der Waals surface area contributed by atoms with Crippen LogP contribution in [0.3, 0.4) is 0 Å². The van der Waals surface area contributed by atoms with Crippen LogP contribution in [0.4, 0.5) is 0 Å². The number of fused-ring (bicyclic) bond motifs is 1. The second-order valence-corrected chi connectivity index (χ2v) is 3.61. The molecule has 0 amide bonds. The maximum absolute atomic E-state index is 9.89. The fraction of sp³-hybridized carbons (Fsp3) is 0. The molecule has 2 aromatic heterocycles. The van der Waals surface area contributed by atoms with Crippen LogP contribution in [0.15, 0.2) is 48.7 Å². The number of benzene rings is 1. The second-order valence-electron chi connectivity index (χ2n) is 3.61. The van der Waals surface area contributed by atoms with E-state index in [0.29, 0.717) is 0 Å². The van der Waals surface area contributed by atoms with Gasteiger partial charge in [-0.15, -0.1) is 0 Å². The van der Waals surface area contributed by atoms with E-state index in [4.69, 9.17) is 0 Å². The molecule has 0 saturated carbocycles. The Labute approximate surface area is 92.4 Å². The lowest BCUT2D eigenvalue weighted by Crippen LogP contribution is -1.80. The number of hydrogen-bond acceptors (Lipinski definition) is 2. The molecule has 3 aromatic rings. The maximum Gasteiger partial charge on any atom is 0.199 e. The molecule has 0 fully saturated rings. The van der Waals surface area contributed by atoms with Crippen molar-refractivity contribution in [1.29, 1.82) is 0 Å². The first kappa shape index (κ1) is 8.97. The Hall–Kier alpha value is -2.29. The largest absolute Gasteiger partial charge is 0.494 e. The van der Waals surface area contributed by atoms with Gasteiger partial charge in [0, 0.05) is 17.1 Å². The van der Waals surface area contributed by atoms with Crippen molar-refractivity contribution in [2.24, 2.45) is 0 Å². The predicted octanol–water partition coefficient (Wildman–Crippen LogP) is 2.94. The summed E-state index contributed by atoms with van der Waals surface area (Å²) in [6.45, 7) is 0. The first-order valence-electron chi connectivity index (χ1n) is 5.07. The summed E-state index contributed by atoms with van der Waals surface area (Å²) in [5.41, 5.74) is 2.45. The Balaban J connectivity index is 2.35. The Bertz CT molecular complexity index is 629. The third-order valence-corrected chi connectivity index (χ3v) is 2.61. The third kappa shape index (κ3) is 1.26. The first-order chi connectivity index (χ1) is 7.86. The van der Waals surface area contributed by atoms with Gasteiger partial charge in [0.1, 0.15) is 0 Å². The van der Waals surface area contributed by atoms with Crippen molar-refractivity contribution in [3.8, 4) is 17.1 Å². The zero-order valence-electron chi connectivity index (χ0n) is 8.51. The highest BCUT2D eigenvalue weighted by atomic mass is 16.3. The van der Waals surface area contributed by atoms with E-state index in [0.717, 1.165) is 22.2 Å². The molecule has 16 heavy (non-hydrogen) atoms. The average Bonchev–Trinajstić information content (AvgIpc) is 2.66. The number of nitrogens with zero attached hydrogens (tertiary/aromatic N) is 1. The van der Waals surface area contributed by atoms with Crippen LogP contribution in [0.2, 0.25) is 0 Å². The van der Waals surface area contributed by atoms with Crippen LogP contribution in [-0.2, 0) is 0 Å². The normalized spacial score (nSPS) is 10.8. The molecule has 3 nitrogen and oxygen atoms in total. The summed E-state index contributed by atoms with van der Waals surface area (Å²) in [7, 11) is 0. The molecule has 0 spiro atoms. The number of pyridine rings is 1. The van der Waals surface area contributed by atoms with Crippen LogP contribution in [0.1, 0.15) is 0 Å². The lowest BCUT2D eigenvalue weighted by Gasteiger charge is -1.98. The van der Waals surface area contributed by atoms with Gasteiger partial charge in [-0.1, -0.05) is 24.3 Å². The minimum absolute atomic E-state index is 0.167. The molecule has 0 bridgehead atoms. The van der Waals surface area contributed by atoms with Gasteiger partial charge in [-0.3, -0.25) is 4.98 Å². The fourth-order valence-electron chi connectivity index (χ4n) is 1.90. The number of para-hydroxylation sites is 1. The molecule has 2 N–H and O–H groups in total. The minimum atomic E-state index is 0.167. The molecule has 0 atom stereocenters. The van der Waals surface area contributed by atoms with Gasteiger partial charge in [0.2, 0.25) is 0 Å². The fourth-order valence-corrected chi connectivity index (χ4v) is 1.90. The lowest BCUT2D eigenvalue weighted by atomic mass is 10.1. The lowest BCUT2D eigenvalue weighted by molar-refractivity contribution is 0.460. The zero-order valence-corrected chi connectivity index (χ0v) is 8.51. The molecule has 3 rings (SSSR count). The van der Waals surface area contributed by atoms with Crippen LogP contribution in [0.5, 0.6) is 5.88 Å². The van der Waals surface area contributed by atoms with Gasteiger partial charge in [0.25, 0.3) is 0 Å². The smallest absolute Gasteiger partial charge is 0.199 e. The van der Waals surface area contributed by atoms with E-state index < -0.39 is 0 Å². The summed E-state index contributed by atoms with van der Waals surface area (Å²) in [6.07, 6.45) is 1.72. The summed E-state index contributed by atoms with van der Waals surface area (Å²) in [4.78, 5) is 7.19. The van der Waals surface area contributed by atoms with E-state index in [1.807, 2.05) is 42.5 Å². The summed E-state index contributed by atoms with van der Waals surface area (Å²) < 4.78 is 0. The van der Waals surface area contributed by atoms with Crippen LogP contribution < -0.4 is 0 Å². The SMILES string of the molecule is Oc1[nH]c2ccccc2c1-c1ccccn1. The van der Waals surface area contributed by atoms with Crippen molar-refractivity contribution in [3.63, 3.8) is 0 Å². The molecular formula is C13H10N2O. The summed E-state index contributed by atoms with van der Waals surface area (Å²) in [5, 5.41) is 10.9. The van der Waals surface area contributed by atoms with Crippen molar-refractivity contribution < 1.29 is 5.11 Å². The Morgan fingerprint density at radius 3 is 2.62 bits per heavy atom. The molecule has 0 saturated heterocycles. The molecule has 3 heteroatoms. The van der Waals surface area contributed by atoms with E-state index in [1.54, 1.807) is 6.20 Å². The number of H-pyrrole nitrogens is 1. The topological polar surface area (TPSA) is 48.9 Å². The van der Waals surface area contributed by atoms with E-state index in [9.17, 15) is 5.11 Å². The van der Waals surface area contributed by atoms with Gasteiger partial charge in [-0.2, -0.15) is 0 Å². The molecular weight excluding hydrogens is 200 g/mol. The van der Waals surface area contributed by atoms with E-state index in [1.165, 1.54) is 0 Å². The van der Waals surface area contributed by atoms with Gasteiger partial charge in [0.05, 0.1) is 11.3 Å². The highest BCUT2D eigenvalue weighted by Crippen LogP contribution is 2.34. The van der Waals surface area contributed by atoms with E-state index in [-0.39, 0.29) is 5.88 Å². The van der Waals surface area contributed by atoms with Crippen molar-refractivity contribution in [1.82, 2.24) is 9.97 Å². The van der Waals surface area contributed by atoms with Gasteiger partial charge in [-0.05, 0) is 18.2 Å². The minimum Gasteiger partial charge on any atom is -0.494 e. The maximum atomic E-state index is 9.89. The molecule has 1 aromatic carbocycles. The number of aromatic amines is 1. The van der Waals surface area contributed by atoms with E-state index in [2.05, 4.69) is 9.97 Å². The molecule has 0 aliphatic carbocycles. The Morgan fingerprint density at radius 1 is 1.00 bits per heavy atom. The monoisotopic (exact) mass is 210 g/mol. The number of aromatic nitrogens is 2. The molecule has 0 aliphatic heterocycles. The highest BCUT2D eigenvalue weighted by Gasteiger charge is 2.12. The van der Waals surface area contributed by atoms with Gasteiger partial charge >= 0.3 is 0 Å². The summed E-state index contributed by atoms with van der Waals surface area (Å²) in [5.74, 6) is 0.167. The predicted molar refractivity (Wildman–Crippen MR) is 63.2 cm³/mol. The molecule has 0 aliphatic rings. The number of hydrogen-bond donors (Lipinski definition) is 2. The molecule has 78 valence electrons.